The number of hydrogen-bond donors (Lipinski definition) is 2. The number of piperidine rings is 1. The normalized spacial score (nSPS) is 16.2. The van der Waals surface area contributed by atoms with Gasteiger partial charge in [-0.15, -0.1) is 0 Å². The van der Waals surface area contributed by atoms with Crippen molar-refractivity contribution < 1.29 is 10.2 Å². The van der Waals surface area contributed by atoms with Crippen LogP contribution in [0.2, 0.25) is 0 Å². The Morgan fingerprint density at radius 1 is 1.10 bits per heavy atom. The number of pyridine rings is 1. The summed E-state index contributed by atoms with van der Waals surface area (Å²) in [5.74, 6) is -0.181. The molecule has 2 N–H and O–H groups in total. The summed E-state index contributed by atoms with van der Waals surface area (Å²) < 4.78 is 1.99. The summed E-state index contributed by atoms with van der Waals surface area (Å²) in [5.41, 5.74) is 0.678. The van der Waals surface area contributed by atoms with E-state index < -0.39 is 0 Å². The lowest BCUT2D eigenvalue weighted by atomic mass is 10.1. The van der Waals surface area contributed by atoms with Crippen LogP contribution in [0.4, 0.5) is 0 Å². The van der Waals surface area contributed by atoms with E-state index >= 15 is 0 Å². The molecule has 0 spiro atoms. The summed E-state index contributed by atoms with van der Waals surface area (Å²) in [6, 6.07) is 1.57. The smallest absolute Gasteiger partial charge is 0.223 e. The zero-order chi connectivity index (χ0) is 15.1. The first-order valence-corrected chi connectivity index (χ1v) is 7.96. The Hall–Kier alpha value is -1.33. The highest BCUT2D eigenvalue weighted by Gasteiger charge is 2.13. The molecule has 2 heterocycles. The maximum atomic E-state index is 11.7. The summed E-state index contributed by atoms with van der Waals surface area (Å²) in [4.78, 5) is 14.1. The van der Waals surface area contributed by atoms with Gasteiger partial charge in [0.25, 0.3) is 0 Å². The number of rotatable bonds is 7. The van der Waals surface area contributed by atoms with Crippen LogP contribution < -0.4 is 5.43 Å². The molecule has 0 bridgehead atoms. The zero-order valence-corrected chi connectivity index (χ0v) is 12.6. The molecule has 1 fully saturated rings. The van der Waals surface area contributed by atoms with Crippen LogP contribution >= 0.6 is 0 Å². The van der Waals surface area contributed by atoms with Crippen molar-refractivity contribution in [3.8, 4) is 5.75 Å². The van der Waals surface area contributed by atoms with Crippen molar-refractivity contribution in [1.29, 1.82) is 0 Å². The van der Waals surface area contributed by atoms with Gasteiger partial charge in [-0.05, 0) is 45.2 Å². The highest BCUT2D eigenvalue weighted by molar-refractivity contribution is 5.20. The first kappa shape index (κ1) is 16.0. The lowest BCUT2D eigenvalue weighted by molar-refractivity contribution is 0.214. The molecule has 0 radical (unpaired) electrons. The Morgan fingerprint density at radius 3 is 2.57 bits per heavy atom. The molecule has 2 rings (SSSR count). The molecule has 1 aromatic rings. The third-order valence-electron chi connectivity index (χ3n) is 4.09. The Morgan fingerprint density at radius 2 is 1.86 bits per heavy atom. The molecular formula is C16H26N2O3. The number of aliphatic hydroxyl groups excluding tert-OH is 1. The fourth-order valence-electron chi connectivity index (χ4n) is 2.86. The van der Waals surface area contributed by atoms with Crippen molar-refractivity contribution in [3.63, 3.8) is 0 Å². The largest absolute Gasteiger partial charge is 0.503 e. The van der Waals surface area contributed by atoms with Crippen LogP contribution in [0.15, 0.2) is 17.1 Å². The molecular weight excluding hydrogens is 268 g/mol. The van der Waals surface area contributed by atoms with Crippen LogP contribution in [0.3, 0.4) is 0 Å². The van der Waals surface area contributed by atoms with E-state index in [2.05, 4.69) is 4.90 Å². The molecule has 0 aliphatic carbocycles. The van der Waals surface area contributed by atoms with Crippen LogP contribution in [-0.2, 0) is 13.1 Å². The van der Waals surface area contributed by atoms with Gasteiger partial charge in [0.15, 0.2) is 5.75 Å². The molecule has 5 heteroatoms. The number of hydrogen-bond acceptors (Lipinski definition) is 4. The van der Waals surface area contributed by atoms with Crippen molar-refractivity contribution in [3.05, 3.63) is 28.2 Å². The highest BCUT2D eigenvalue weighted by Crippen LogP contribution is 2.14. The first-order valence-electron chi connectivity index (χ1n) is 7.96. The minimum atomic E-state index is -0.298. The number of aliphatic hydroxyl groups is 1. The second kappa shape index (κ2) is 8.20. The second-order valence-corrected chi connectivity index (χ2v) is 5.83. The molecule has 0 aromatic carbocycles. The maximum Gasteiger partial charge on any atom is 0.223 e. The number of unbranched alkanes of at least 4 members (excludes halogenated alkanes) is 2. The van der Waals surface area contributed by atoms with E-state index in [9.17, 15) is 9.90 Å². The fourth-order valence-corrected chi connectivity index (χ4v) is 2.86. The molecule has 0 unspecified atom stereocenters. The average molecular weight is 294 g/mol. The van der Waals surface area contributed by atoms with E-state index in [-0.39, 0.29) is 17.8 Å². The summed E-state index contributed by atoms with van der Waals surface area (Å²) in [6.45, 7) is 3.93. The van der Waals surface area contributed by atoms with E-state index in [1.807, 2.05) is 4.57 Å². The van der Waals surface area contributed by atoms with Gasteiger partial charge < -0.3 is 14.8 Å². The number of likely N-dealkylation sites (tertiary alicyclic amines) is 1. The Labute approximate surface area is 125 Å². The molecule has 1 aliphatic rings. The van der Waals surface area contributed by atoms with E-state index in [1.165, 1.54) is 19.3 Å². The third-order valence-corrected chi connectivity index (χ3v) is 4.09. The molecule has 1 saturated heterocycles. The topological polar surface area (TPSA) is 65.7 Å². The fraction of sp³-hybridized carbons (Fsp3) is 0.688. The van der Waals surface area contributed by atoms with E-state index in [0.717, 1.165) is 51.1 Å². The molecule has 0 atom stereocenters. The average Bonchev–Trinajstić information content (AvgIpc) is 2.49. The number of nitrogens with zero attached hydrogens (tertiary/aromatic N) is 2. The predicted molar refractivity (Wildman–Crippen MR) is 82.4 cm³/mol. The minimum Gasteiger partial charge on any atom is -0.503 e. The molecule has 0 saturated carbocycles. The Bertz CT molecular complexity index is 493. The predicted octanol–water partition coefficient (Wildman–Crippen LogP) is 1.70. The van der Waals surface area contributed by atoms with Gasteiger partial charge in [-0.25, -0.2) is 0 Å². The van der Waals surface area contributed by atoms with Crippen molar-refractivity contribution in [2.45, 2.75) is 51.6 Å². The monoisotopic (exact) mass is 294 g/mol. The molecule has 1 aliphatic heterocycles. The number of aromatic nitrogens is 1. The SMILES string of the molecule is O=c1cc(CN2CCCCC2)n(CCCCCO)cc1O. The molecule has 21 heavy (non-hydrogen) atoms. The van der Waals surface area contributed by atoms with Gasteiger partial charge >= 0.3 is 0 Å². The van der Waals surface area contributed by atoms with E-state index in [1.54, 1.807) is 12.3 Å². The van der Waals surface area contributed by atoms with Crippen LogP contribution in [0.25, 0.3) is 0 Å². The number of aromatic hydroxyl groups is 1. The quantitative estimate of drug-likeness (QED) is 0.751. The van der Waals surface area contributed by atoms with Gasteiger partial charge in [-0.1, -0.05) is 6.42 Å². The lowest BCUT2D eigenvalue weighted by Gasteiger charge is -2.27. The summed E-state index contributed by atoms with van der Waals surface area (Å²) in [6.07, 6.45) is 7.98. The molecule has 0 amide bonds. The van der Waals surface area contributed by atoms with Crippen molar-refractivity contribution in [2.24, 2.45) is 0 Å². The van der Waals surface area contributed by atoms with Crippen LogP contribution in [0.5, 0.6) is 5.75 Å². The number of aryl methyl sites for hydroxylation is 1. The van der Waals surface area contributed by atoms with Crippen molar-refractivity contribution in [1.82, 2.24) is 9.47 Å². The summed E-state index contributed by atoms with van der Waals surface area (Å²) in [5, 5.41) is 18.5. The zero-order valence-electron chi connectivity index (χ0n) is 12.6. The van der Waals surface area contributed by atoms with Crippen LogP contribution in [0, 0.1) is 0 Å². The maximum absolute atomic E-state index is 11.7. The Balaban J connectivity index is 2.05. The molecule has 1 aromatic heterocycles. The lowest BCUT2D eigenvalue weighted by Crippen LogP contribution is -2.31. The van der Waals surface area contributed by atoms with Crippen LogP contribution in [0.1, 0.15) is 44.2 Å². The molecule has 5 nitrogen and oxygen atoms in total. The second-order valence-electron chi connectivity index (χ2n) is 5.83. The van der Waals surface area contributed by atoms with Crippen molar-refractivity contribution >= 4 is 0 Å². The first-order chi connectivity index (χ1) is 10.2. The van der Waals surface area contributed by atoms with Gasteiger partial charge in [-0.2, -0.15) is 0 Å². The van der Waals surface area contributed by atoms with Gasteiger partial charge in [0.05, 0.1) is 6.20 Å². The van der Waals surface area contributed by atoms with Crippen LogP contribution in [-0.4, -0.2) is 39.4 Å². The minimum absolute atomic E-state index is 0.181. The van der Waals surface area contributed by atoms with Gasteiger partial charge in [-0.3, -0.25) is 9.69 Å². The van der Waals surface area contributed by atoms with Gasteiger partial charge in [0.1, 0.15) is 0 Å². The Kier molecular flexibility index (Phi) is 6.26. The summed E-state index contributed by atoms with van der Waals surface area (Å²) in [7, 11) is 0. The third kappa shape index (κ3) is 4.86. The highest BCUT2D eigenvalue weighted by atomic mass is 16.3. The van der Waals surface area contributed by atoms with Crippen molar-refractivity contribution in [2.75, 3.05) is 19.7 Å². The van der Waals surface area contributed by atoms with Gasteiger partial charge in [0, 0.05) is 31.5 Å². The van der Waals surface area contributed by atoms with E-state index in [4.69, 9.17) is 5.11 Å². The molecule has 118 valence electrons. The standard InChI is InChI=1S/C16H26N2O3/c19-10-6-2-5-9-18-13-16(21)15(20)11-14(18)12-17-7-3-1-4-8-17/h11,13,19,21H,1-10,12H2. The van der Waals surface area contributed by atoms with E-state index in [0.29, 0.717) is 0 Å². The summed E-state index contributed by atoms with van der Waals surface area (Å²) >= 11 is 0. The van der Waals surface area contributed by atoms with Gasteiger partial charge in [0.2, 0.25) is 5.43 Å².